The van der Waals surface area contributed by atoms with Gasteiger partial charge < -0.3 is 9.98 Å². The molecule has 1 atom stereocenters. The number of thiazole rings is 1. The van der Waals surface area contributed by atoms with Crippen LogP contribution >= 0.6 is 11.3 Å². The summed E-state index contributed by atoms with van der Waals surface area (Å²) in [6.07, 6.45) is 2.51. The van der Waals surface area contributed by atoms with Crippen LogP contribution < -0.4 is 5.14 Å². The average molecular weight is 346 g/mol. The summed E-state index contributed by atoms with van der Waals surface area (Å²) in [4.78, 5) is 16.3. The number of aldehydes is 1. The largest absolute Gasteiger partial charge is 0.325 e. The van der Waals surface area contributed by atoms with Crippen LogP contribution in [0.3, 0.4) is 0 Å². The topological polar surface area (TPSA) is 102 Å². The van der Waals surface area contributed by atoms with E-state index in [9.17, 15) is 9.00 Å². The molecule has 2 heterocycles. The van der Waals surface area contributed by atoms with Crippen molar-refractivity contribution in [2.45, 2.75) is 11.3 Å². The molecular weight excluding hydrogens is 332 g/mol. The summed E-state index contributed by atoms with van der Waals surface area (Å²) < 4.78 is 13.9. The Morgan fingerprint density at radius 3 is 2.91 bits per heavy atom. The Hall–Kier alpha value is -2.16. The van der Waals surface area contributed by atoms with Crippen molar-refractivity contribution < 1.29 is 9.00 Å². The maximum Gasteiger partial charge on any atom is 0.167 e. The minimum atomic E-state index is -1.51. The minimum Gasteiger partial charge on any atom is -0.325 e. The van der Waals surface area contributed by atoms with Crippen molar-refractivity contribution in [3.8, 4) is 0 Å². The van der Waals surface area contributed by atoms with Gasteiger partial charge in [0.1, 0.15) is 16.0 Å². The number of aryl methyl sites for hydroxylation is 1. The van der Waals surface area contributed by atoms with E-state index in [0.29, 0.717) is 28.2 Å². The van der Waals surface area contributed by atoms with Crippen molar-refractivity contribution in [2.75, 3.05) is 0 Å². The van der Waals surface area contributed by atoms with Crippen LogP contribution in [0.25, 0.3) is 10.3 Å². The summed E-state index contributed by atoms with van der Waals surface area (Å²) in [7, 11) is 0.258. The molecule has 23 heavy (non-hydrogen) atoms. The maximum absolute atomic E-state index is 11.4. The zero-order chi connectivity index (χ0) is 16.6. The number of nitrogens with two attached hydrogens (primary N) is 1. The Morgan fingerprint density at radius 2 is 2.26 bits per heavy atom. The van der Waals surface area contributed by atoms with E-state index in [2.05, 4.69) is 4.98 Å². The first-order valence-corrected chi connectivity index (χ1v) is 8.77. The standard InChI is InChI=1S/C15H14N4O2S2/c1-19-12(8-20)11(7-16)14-15(19)18-13(22-14)6-9-3-2-4-10(5-9)23(17)21/h2-5,7-8,16H,6,17H2,1H3. The van der Waals surface area contributed by atoms with Crippen molar-refractivity contribution in [1.29, 1.82) is 5.41 Å². The van der Waals surface area contributed by atoms with Crippen molar-refractivity contribution in [3.63, 3.8) is 0 Å². The highest BCUT2D eigenvalue weighted by Gasteiger charge is 2.18. The Bertz CT molecular complexity index is 942. The monoisotopic (exact) mass is 346 g/mol. The fourth-order valence-electron chi connectivity index (χ4n) is 2.48. The van der Waals surface area contributed by atoms with Crippen molar-refractivity contribution in [3.05, 3.63) is 46.1 Å². The molecule has 0 spiro atoms. The molecule has 0 saturated carbocycles. The van der Waals surface area contributed by atoms with Gasteiger partial charge in [-0.05, 0) is 17.7 Å². The molecule has 2 aromatic heterocycles. The van der Waals surface area contributed by atoms with Crippen LogP contribution in [0, 0.1) is 5.41 Å². The lowest BCUT2D eigenvalue weighted by Crippen LogP contribution is -2.03. The smallest absolute Gasteiger partial charge is 0.167 e. The summed E-state index contributed by atoms with van der Waals surface area (Å²) in [6.45, 7) is 0. The first-order chi connectivity index (χ1) is 11.0. The second-order valence-corrected chi connectivity index (χ2v) is 7.15. The predicted octanol–water partition coefficient (Wildman–Crippen LogP) is 2.02. The van der Waals surface area contributed by atoms with E-state index in [-0.39, 0.29) is 0 Å². The normalized spacial score (nSPS) is 12.4. The second kappa shape index (κ2) is 6.15. The zero-order valence-electron chi connectivity index (χ0n) is 12.3. The number of benzene rings is 1. The van der Waals surface area contributed by atoms with Crippen LogP contribution in [0.5, 0.6) is 0 Å². The van der Waals surface area contributed by atoms with Crippen LogP contribution in [0.1, 0.15) is 26.6 Å². The van der Waals surface area contributed by atoms with E-state index in [1.165, 1.54) is 17.6 Å². The van der Waals surface area contributed by atoms with E-state index < -0.39 is 11.0 Å². The molecular formula is C15H14N4O2S2. The van der Waals surface area contributed by atoms with Crippen LogP contribution in [-0.4, -0.2) is 26.3 Å². The van der Waals surface area contributed by atoms with Crippen LogP contribution in [-0.2, 0) is 24.5 Å². The molecule has 0 radical (unpaired) electrons. The number of fused-ring (bicyclic) bond motifs is 1. The third kappa shape index (κ3) is 2.76. The molecule has 3 rings (SSSR count). The number of nitrogens with one attached hydrogen (secondary N) is 1. The van der Waals surface area contributed by atoms with Gasteiger partial charge in [-0.2, -0.15) is 0 Å². The first kappa shape index (κ1) is 15.7. The van der Waals surface area contributed by atoms with Gasteiger partial charge in [-0.1, -0.05) is 12.1 Å². The molecule has 3 N–H and O–H groups in total. The molecule has 0 fully saturated rings. The zero-order valence-corrected chi connectivity index (χ0v) is 13.9. The van der Waals surface area contributed by atoms with Gasteiger partial charge >= 0.3 is 0 Å². The molecule has 0 aliphatic heterocycles. The van der Waals surface area contributed by atoms with Crippen LogP contribution in [0.4, 0.5) is 0 Å². The van der Waals surface area contributed by atoms with E-state index in [0.717, 1.165) is 21.6 Å². The van der Waals surface area contributed by atoms with Gasteiger partial charge in [0.15, 0.2) is 11.9 Å². The quantitative estimate of drug-likeness (QED) is 0.546. The van der Waals surface area contributed by atoms with Gasteiger partial charge in [-0.15, -0.1) is 11.3 Å². The summed E-state index contributed by atoms with van der Waals surface area (Å²) in [5.74, 6) is 0. The second-order valence-electron chi connectivity index (χ2n) is 5.00. The molecule has 0 bridgehead atoms. The number of carbonyl (C=O) groups is 1. The number of hydrogen-bond donors (Lipinski definition) is 2. The summed E-state index contributed by atoms with van der Waals surface area (Å²) >= 11 is 1.46. The van der Waals surface area contributed by atoms with Crippen molar-refractivity contribution in [2.24, 2.45) is 12.2 Å². The SMILES string of the molecule is Cn1c(C=O)c(C=N)c2sc(Cc3cccc(S(N)=O)c3)nc21. The van der Waals surface area contributed by atoms with Crippen LogP contribution in [0.2, 0.25) is 0 Å². The van der Waals surface area contributed by atoms with E-state index in [1.54, 1.807) is 23.7 Å². The molecule has 8 heteroatoms. The van der Waals surface area contributed by atoms with Crippen molar-refractivity contribution in [1.82, 2.24) is 9.55 Å². The third-order valence-electron chi connectivity index (χ3n) is 3.60. The van der Waals surface area contributed by atoms with E-state index in [4.69, 9.17) is 10.5 Å². The number of hydrogen-bond acceptors (Lipinski definition) is 5. The summed E-state index contributed by atoms with van der Waals surface area (Å²) in [5, 5.41) is 13.8. The predicted molar refractivity (Wildman–Crippen MR) is 91.7 cm³/mol. The molecule has 118 valence electrons. The molecule has 0 aliphatic carbocycles. The number of carbonyl (C=O) groups excluding carboxylic acids is 1. The Balaban J connectivity index is 2.02. The van der Waals surface area contributed by atoms with Gasteiger partial charge in [0, 0.05) is 25.2 Å². The molecule has 0 saturated heterocycles. The molecule has 0 aliphatic rings. The van der Waals surface area contributed by atoms with E-state index >= 15 is 0 Å². The van der Waals surface area contributed by atoms with E-state index in [1.807, 2.05) is 12.1 Å². The molecule has 1 aromatic carbocycles. The Kier molecular flexibility index (Phi) is 4.20. The fraction of sp³-hybridized carbons (Fsp3) is 0.133. The lowest BCUT2D eigenvalue weighted by atomic mass is 10.2. The highest BCUT2D eigenvalue weighted by Crippen LogP contribution is 2.30. The number of rotatable bonds is 5. The highest BCUT2D eigenvalue weighted by atomic mass is 32.2. The van der Waals surface area contributed by atoms with Crippen LogP contribution in [0.15, 0.2) is 29.2 Å². The fourth-order valence-corrected chi connectivity index (χ4v) is 4.12. The first-order valence-electron chi connectivity index (χ1n) is 6.74. The molecule has 1 unspecified atom stereocenters. The highest BCUT2D eigenvalue weighted by molar-refractivity contribution is 7.82. The molecule has 0 amide bonds. The van der Waals surface area contributed by atoms with Crippen molar-refractivity contribution >= 4 is 45.2 Å². The lowest BCUT2D eigenvalue weighted by Gasteiger charge is -2.01. The maximum atomic E-state index is 11.4. The Morgan fingerprint density at radius 1 is 1.48 bits per heavy atom. The summed E-state index contributed by atoms with van der Waals surface area (Å²) in [6, 6.07) is 7.27. The lowest BCUT2D eigenvalue weighted by molar-refractivity contribution is 0.111. The molecule has 6 nitrogen and oxygen atoms in total. The summed E-state index contributed by atoms with van der Waals surface area (Å²) in [5.41, 5.74) is 2.72. The minimum absolute atomic E-state index is 0.459. The van der Waals surface area contributed by atoms with Gasteiger partial charge in [0.2, 0.25) is 0 Å². The number of aromatic nitrogens is 2. The van der Waals surface area contributed by atoms with Gasteiger partial charge in [0.25, 0.3) is 0 Å². The average Bonchev–Trinajstić information content (AvgIpc) is 3.05. The number of nitrogens with zero attached hydrogens (tertiary/aromatic N) is 2. The van der Waals surface area contributed by atoms with Gasteiger partial charge in [-0.25, -0.2) is 14.3 Å². The van der Waals surface area contributed by atoms with Gasteiger partial charge in [-0.3, -0.25) is 4.79 Å². The molecule has 3 aromatic rings. The Labute approximate surface area is 139 Å². The van der Waals surface area contributed by atoms with Gasteiger partial charge in [0.05, 0.1) is 15.3 Å². The third-order valence-corrected chi connectivity index (χ3v) is 5.39.